The van der Waals surface area contributed by atoms with Gasteiger partial charge in [-0.25, -0.2) is 14.5 Å². The molecular weight excluding hydrogens is 408 g/mol. The van der Waals surface area contributed by atoms with Crippen molar-refractivity contribution in [1.82, 2.24) is 14.8 Å². The number of rotatable bonds is 7. The summed E-state index contributed by atoms with van der Waals surface area (Å²) in [6.45, 7) is 5.55. The van der Waals surface area contributed by atoms with Crippen LogP contribution < -0.4 is 5.32 Å². The number of carbonyl (C=O) groups excluding carboxylic acids is 2. The van der Waals surface area contributed by atoms with Crippen LogP contribution in [-0.2, 0) is 16.0 Å². The third kappa shape index (κ3) is 4.25. The second-order valence-corrected chi connectivity index (χ2v) is 7.59. The molecule has 8 nitrogen and oxygen atoms in total. The van der Waals surface area contributed by atoms with Crippen molar-refractivity contribution in [2.45, 2.75) is 33.2 Å². The number of aryl methyl sites for hydroxylation is 1. The summed E-state index contributed by atoms with van der Waals surface area (Å²) in [6.07, 6.45) is 3.90. The SMILES string of the molecule is CCc1ccccc1NC(=O)COC(=O)c1cc(-c2ccco2)nc2c1cnn2C(C)C. The molecule has 3 heterocycles. The average molecular weight is 432 g/mol. The molecule has 0 atom stereocenters. The fourth-order valence-electron chi connectivity index (χ4n) is 3.46. The number of anilines is 1. The van der Waals surface area contributed by atoms with E-state index in [9.17, 15) is 9.59 Å². The van der Waals surface area contributed by atoms with E-state index in [1.54, 1.807) is 29.1 Å². The van der Waals surface area contributed by atoms with Gasteiger partial charge in [-0.15, -0.1) is 0 Å². The first kappa shape index (κ1) is 21.3. The Morgan fingerprint density at radius 3 is 2.72 bits per heavy atom. The third-order valence-corrected chi connectivity index (χ3v) is 5.06. The molecule has 0 saturated heterocycles. The first-order valence-corrected chi connectivity index (χ1v) is 10.4. The highest BCUT2D eigenvalue weighted by Gasteiger charge is 2.21. The lowest BCUT2D eigenvalue weighted by Crippen LogP contribution is -2.21. The van der Waals surface area contributed by atoms with Gasteiger partial charge < -0.3 is 14.5 Å². The number of para-hydroxylation sites is 1. The van der Waals surface area contributed by atoms with Gasteiger partial charge in [0.25, 0.3) is 5.91 Å². The van der Waals surface area contributed by atoms with Crippen LogP contribution in [-0.4, -0.2) is 33.2 Å². The van der Waals surface area contributed by atoms with E-state index in [0.29, 0.717) is 28.2 Å². The van der Waals surface area contributed by atoms with Gasteiger partial charge in [-0.05, 0) is 50.1 Å². The van der Waals surface area contributed by atoms with E-state index in [1.165, 1.54) is 6.26 Å². The zero-order valence-electron chi connectivity index (χ0n) is 18.2. The van der Waals surface area contributed by atoms with E-state index in [0.717, 1.165) is 12.0 Å². The second kappa shape index (κ2) is 9.05. The van der Waals surface area contributed by atoms with Crippen LogP contribution in [0.2, 0.25) is 0 Å². The molecule has 0 aliphatic heterocycles. The van der Waals surface area contributed by atoms with Crippen molar-refractivity contribution in [3.8, 4) is 11.5 Å². The van der Waals surface area contributed by atoms with Gasteiger partial charge in [0, 0.05) is 11.7 Å². The van der Waals surface area contributed by atoms with Crippen molar-refractivity contribution >= 4 is 28.6 Å². The molecule has 1 amide bonds. The van der Waals surface area contributed by atoms with E-state index < -0.39 is 18.5 Å². The van der Waals surface area contributed by atoms with Gasteiger partial charge in [0.1, 0.15) is 5.69 Å². The van der Waals surface area contributed by atoms with E-state index in [4.69, 9.17) is 9.15 Å². The summed E-state index contributed by atoms with van der Waals surface area (Å²) in [5.74, 6) is -0.521. The molecule has 1 aromatic carbocycles. The number of ether oxygens (including phenoxy) is 1. The molecule has 4 rings (SSSR count). The van der Waals surface area contributed by atoms with Gasteiger partial charge in [0.05, 0.1) is 23.4 Å². The number of furan rings is 1. The number of amides is 1. The maximum Gasteiger partial charge on any atom is 0.339 e. The minimum atomic E-state index is -0.632. The van der Waals surface area contributed by atoms with Crippen molar-refractivity contribution in [3.63, 3.8) is 0 Å². The zero-order chi connectivity index (χ0) is 22.7. The molecule has 0 aliphatic carbocycles. The first-order valence-electron chi connectivity index (χ1n) is 10.4. The zero-order valence-corrected chi connectivity index (χ0v) is 18.2. The summed E-state index contributed by atoms with van der Waals surface area (Å²) >= 11 is 0. The van der Waals surface area contributed by atoms with Crippen LogP contribution in [0.15, 0.2) is 59.3 Å². The van der Waals surface area contributed by atoms with Crippen molar-refractivity contribution in [3.05, 3.63) is 66.1 Å². The van der Waals surface area contributed by atoms with E-state index in [-0.39, 0.29) is 11.6 Å². The molecule has 0 radical (unpaired) electrons. The molecule has 0 spiro atoms. The lowest BCUT2D eigenvalue weighted by molar-refractivity contribution is -0.119. The fraction of sp³-hybridized carbons (Fsp3) is 0.250. The van der Waals surface area contributed by atoms with Crippen molar-refractivity contribution in [1.29, 1.82) is 0 Å². The van der Waals surface area contributed by atoms with Gasteiger partial charge in [0.15, 0.2) is 18.0 Å². The molecule has 0 bridgehead atoms. The van der Waals surface area contributed by atoms with Crippen LogP contribution in [0.25, 0.3) is 22.5 Å². The summed E-state index contributed by atoms with van der Waals surface area (Å²) in [6, 6.07) is 12.7. The average Bonchev–Trinajstić information content (AvgIpc) is 3.47. The Hall–Kier alpha value is -3.94. The number of benzene rings is 1. The minimum Gasteiger partial charge on any atom is -0.463 e. The lowest BCUT2D eigenvalue weighted by atomic mass is 10.1. The molecule has 0 saturated carbocycles. The Kier molecular flexibility index (Phi) is 6.02. The van der Waals surface area contributed by atoms with Gasteiger partial charge >= 0.3 is 5.97 Å². The first-order chi connectivity index (χ1) is 15.5. The Balaban J connectivity index is 1.58. The van der Waals surface area contributed by atoms with Gasteiger partial charge in [-0.2, -0.15) is 5.10 Å². The van der Waals surface area contributed by atoms with Crippen LogP contribution in [0.1, 0.15) is 42.7 Å². The van der Waals surface area contributed by atoms with Crippen LogP contribution in [0.3, 0.4) is 0 Å². The summed E-state index contributed by atoms with van der Waals surface area (Å²) < 4.78 is 12.5. The van der Waals surface area contributed by atoms with Crippen LogP contribution in [0.5, 0.6) is 0 Å². The van der Waals surface area contributed by atoms with Crippen molar-refractivity contribution in [2.24, 2.45) is 0 Å². The number of aromatic nitrogens is 3. The fourth-order valence-corrected chi connectivity index (χ4v) is 3.46. The van der Waals surface area contributed by atoms with Crippen LogP contribution in [0.4, 0.5) is 5.69 Å². The topological polar surface area (TPSA) is 99.2 Å². The molecule has 0 unspecified atom stereocenters. The van der Waals surface area contributed by atoms with E-state index >= 15 is 0 Å². The Labute approximate surface area is 185 Å². The van der Waals surface area contributed by atoms with Crippen molar-refractivity contribution in [2.75, 3.05) is 11.9 Å². The predicted molar refractivity (Wildman–Crippen MR) is 120 cm³/mol. The lowest BCUT2D eigenvalue weighted by Gasteiger charge is -2.11. The smallest absolute Gasteiger partial charge is 0.339 e. The Bertz CT molecular complexity index is 1260. The number of nitrogens with zero attached hydrogens (tertiary/aromatic N) is 3. The minimum absolute atomic E-state index is 0.0418. The van der Waals surface area contributed by atoms with E-state index in [2.05, 4.69) is 15.4 Å². The monoisotopic (exact) mass is 432 g/mol. The van der Waals surface area contributed by atoms with Gasteiger partial charge in [-0.3, -0.25) is 4.79 Å². The second-order valence-electron chi connectivity index (χ2n) is 7.59. The molecule has 1 N–H and O–H groups in total. The maximum absolute atomic E-state index is 12.9. The summed E-state index contributed by atoms with van der Waals surface area (Å²) in [7, 11) is 0. The number of fused-ring (bicyclic) bond motifs is 1. The standard InChI is InChI=1S/C24H24N4O4/c1-4-16-8-5-6-9-19(16)26-22(29)14-32-24(30)17-12-20(21-10-7-11-31-21)27-23-18(17)13-25-28(23)15(2)3/h5-13,15H,4,14H2,1-3H3,(H,26,29). The summed E-state index contributed by atoms with van der Waals surface area (Å²) in [5.41, 5.74) is 3.02. The maximum atomic E-state index is 12.9. The van der Waals surface area contributed by atoms with Crippen LogP contribution >= 0.6 is 0 Å². The predicted octanol–water partition coefficient (Wildman–Crippen LogP) is 4.63. The molecule has 8 heteroatoms. The Morgan fingerprint density at radius 1 is 1.19 bits per heavy atom. The number of hydrogen-bond acceptors (Lipinski definition) is 6. The molecule has 0 fully saturated rings. The molecule has 3 aromatic heterocycles. The number of nitrogens with one attached hydrogen (secondary N) is 1. The van der Waals surface area contributed by atoms with Gasteiger partial charge in [-0.1, -0.05) is 25.1 Å². The largest absolute Gasteiger partial charge is 0.463 e. The number of pyridine rings is 1. The van der Waals surface area contributed by atoms with Crippen molar-refractivity contribution < 1.29 is 18.7 Å². The molecule has 32 heavy (non-hydrogen) atoms. The number of hydrogen-bond donors (Lipinski definition) is 1. The molecule has 164 valence electrons. The van der Waals surface area contributed by atoms with E-state index in [1.807, 2.05) is 45.0 Å². The summed E-state index contributed by atoms with van der Waals surface area (Å²) in [4.78, 5) is 30.0. The molecule has 4 aromatic rings. The third-order valence-electron chi connectivity index (χ3n) is 5.06. The molecular formula is C24H24N4O4. The summed E-state index contributed by atoms with van der Waals surface area (Å²) in [5, 5.41) is 7.72. The van der Waals surface area contributed by atoms with Crippen LogP contribution in [0, 0.1) is 0 Å². The number of esters is 1. The normalized spacial score (nSPS) is 11.1. The quantitative estimate of drug-likeness (QED) is 0.428. The molecule has 0 aliphatic rings. The highest BCUT2D eigenvalue weighted by Crippen LogP contribution is 2.27. The highest BCUT2D eigenvalue weighted by atomic mass is 16.5. The Morgan fingerprint density at radius 2 is 2.00 bits per heavy atom. The number of carbonyl (C=O) groups is 2. The highest BCUT2D eigenvalue weighted by molar-refractivity contribution is 6.04. The van der Waals surface area contributed by atoms with Gasteiger partial charge in [0.2, 0.25) is 0 Å².